The zero-order valence-corrected chi connectivity index (χ0v) is 31.1. The van der Waals surface area contributed by atoms with E-state index in [0.29, 0.717) is 11.1 Å². The van der Waals surface area contributed by atoms with Gasteiger partial charge in [0, 0.05) is 24.3 Å². The van der Waals surface area contributed by atoms with E-state index in [2.05, 4.69) is 0 Å². The second-order valence-corrected chi connectivity index (χ2v) is 13.7. The molecule has 3 aliphatic rings. The monoisotopic (exact) mass is 824 g/mol. The van der Waals surface area contributed by atoms with Gasteiger partial charge in [0.1, 0.15) is 48.8 Å². The van der Waals surface area contributed by atoms with E-state index >= 15 is 0 Å². The van der Waals surface area contributed by atoms with Gasteiger partial charge in [0.15, 0.2) is 29.3 Å². The zero-order chi connectivity index (χ0) is 42.3. The first-order valence-electron chi connectivity index (χ1n) is 18.3. The Morgan fingerprint density at radius 1 is 0.707 bits per heavy atom. The van der Waals surface area contributed by atoms with E-state index in [9.17, 15) is 65.8 Å². The Morgan fingerprint density at radius 2 is 1.28 bits per heavy atom. The second-order valence-electron chi connectivity index (χ2n) is 13.7. The first-order valence-corrected chi connectivity index (χ1v) is 18.3. The Bertz CT molecular complexity index is 1780. The number of aliphatic hydroxyl groups is 8. The molecule has 20 heteroatoms. The molecule has 20 nitrogen and oxygen atoms in total. The fourth-order valence-corrected chi connectivity index (χ4v) is 6.49. The maximum absolute atomic E-state index is 13.4. The Morgan fingerprint density at radius 3 is 1.86 bits per heavy atom. The highest BCUT2D eigenvalue weighted by Crippen LogP contribution is 2.37. The Labute approximate surface area is 330 Å². The van der Waals surface area contributed by atoms with Gasteiger partial charge in [0.25, 0.3) is 0 Å². The van der Waals surface area contributed by atoms with E-state index in [1.165, 1.54) is 42.5 Å². The molecule has 0 unspecified atom stereocenters. The van der Waals surface area contributed by atoms with Gasteiger partial charge in [-0.25, -0.2) is 4.79 Å². The summed E-state index contributed by atoms with van der Waals surface area (Å²) in [5, 5.41) is 110. The van der Waals surface area contributed by atoms with Crippen molar-refractivity contribution in [1.29, 1.82) is 0 Å². The summed E-state index contributed by atoms with van der Waals surface area (Å²) in [5.74, 6) is -4.00. The minimum Gasteiger partial charge on any atom is -0.504 e. The van der Waals surface area contributed by atoms with E-state index < -0.39 is 111 Å². The van der Waals surface area contributed by atoms with Crippen molar-refractivity contribution in [3.8, 4) is 23.0 Å². The lowest BCUT2D eigenvalue weighted by Crippen LogP contribution is -2.60. The first kappa shape index (κ1) is 44.5. The standard InChI is InChI=1S/C38H48O20/c1-2-19-20(13-28(44)52-9-7-18-4-6-25(24(43)12-18)55-37-33(49)31(47)29(45)26(14-39)56-37)21(35(51)53-10-8-17-3-5-22(41)23(42)11-17)16-54-36(19)58-38-34(50)32(48)30(46)27(15-40)57-38/h2-6,11-12,16,20,26-27,29-34,36-43,45-50H,7-10,13-15H2,1H3/t20-,26-,27+,29-,30+,31+,32-,33-,34+,36+,37-,38-/m1/s1. The van der Waals surface area contributed by atoms with Gasteiger partial charge in [-0.15, -0.1) is 0 Å². The highest BCUT2D eigenvalue weighted by molar-refractivity contribution is 5.91. The van der Waals surface area contributed by atoms with Gasteiger partial charge in [-0.05, 0) is 42.3 Å². The van der Waals surface area contributed by atoms with E-state index in [0.717, 1.165) is 6.26 Å². The Balaban J connectivity index is 1.24. The van der Waals surface area contributed by atoms with Crippen molar-refractivity contribution in [2.45, 2.75) is 93.9 Å². The summed E-state index contributed by atoms with van der Waals surface area (Å²) in [6.45, 7) is -0.212. The molecule has 58 heavy (non-hydrogen) atoms. The molecule has 0 spiro atoms. The van der Waals surface area contributed by atoms with Crippen molar-refractivity contribution >= 4 is 11.9 Å². The summed E-state index contributed by atoms with van der Waals surface area (Å²) >= 11 is 0. The normalized spacial score (nSPS) is 31.9. The number of allylic oxidation sites excluding steroid dienone is 1. The number of hydrogen-bond acceptors (Lipinski definition) is 20. The number of ether oxygens (including phenoxy) is 7. The van der Waals surface area contributed by atoms with E-state index in [4.69, 9.17) is 33.2 Å². The minimum atomic E-state index is -1.79. The summed E-state index contributed by atoms with van der Waals surface area (Å²) in [5.41, 5.74) is 1.09. The molecular weight excluding hydrogens is 776 g/mol. The van der Waals surface area contributed by atoms with Gasteiger partial charge >= 0.3 is 11.9 Å². The summed E-state index contributed by atoms with van der Waals surface area (Å²) < 4.78 is 38.7. The molecule has 12 atom stereocenters. The van der Waals surface area contributed by atoms with E-state index in [1.807, 2.05) is 0 Å². The molecule has 2 aromatic carbocycles. The van der Waals surface area contributed by atoms with Crippen LogP contribution in [-0.2, 0) is 50.9 Å². The molecule has 11 N–H and O–H groups in total. The van der Waals surface area contributed by atoms with Crippen LogP contribution in [-0.4, -0.2) is 162 Å². The molecule has 320 valence electrons. The second kappa shape index (κ2) is 19.9. The van der Waals surface area contributed by atoms with Crippen LogP contribution in [0.25, 0.3) is 0 Å². The quantitative estimate of drug-likeness (QED) is 0.0519. The largest absolute Gasteiger partial charge is 0.504 e. The highest BCUT2D eigenvalue weighted by atomic mass is 16.8. The molecule has 3 heterocycles. The van der Waals surface area contributed by atoms with Crippen LogP contribution in [0.1, 0.15) is 24.5 Å². The molecule has 0 amide bonds. The molecule has 0 aromatic heterocycles. The number of hydrogen-bond donors (Lipinski definition) is 11. The average Bonchev–Trinajstić information content (AvgIpc) is 3.20. The molecule has 2 aromatic rings. The van der Waals surface area contributed by atoms with E-state index in [1.54, 1.807) is 6.92 Å². The van der Waals surface area contributed by atoms with Crippen LogP contribution < -0.4 is 4.74 Å². The smallest absolute Gasteiger partial charge is 0.337 e. The van der Waals surface area contributed by atoms with Gasteiger partial charge in [0.05, 0.1) is 44.7 Å². The number of carbonyl (C=O) groups is 2. The summed E-state index contributed by atoms with van der Waals surface area (Å²) in [6, 6.07) is 8.24. The highest BCUT2D eigenvalue weighted by Gasteiger charge is 2.47. The first-order chi connectivity index (χ1) is 27.7. The molecule has 0 saturated carbocycles. The summed E-state index contributed by atoms with van der Waals surface area (Å²) in [6.07, 6.45) is -15.0. The topological polar surface area (TPSA) is 321 Å². The van der Waals surface area contributed by atoms with Crippen LogP contribution in [0, 0.1) is 5.92 Å². The Hall–Kier alpha value is -4.58. The van der Waals surface area contributed by atoms with Crippen LogP contribution in [0.4, 0.5) is 0 Å². The van der Waals surface area contributed by atoms with Crippen molar-refractivity contribution in [1.82, 2.24) is 0 Å². The average molecular weight is 825 g/mol. The predicted octanol–water partition coefficient (Wildman–Crippen LogP) is -2.14. The number of benzene rings is 2. The third kappa shape index (κ3) is 10.3. The van der Waals surface area contributed by atoms with Gasteiger partial charge in [-0.3, -0.25) is 4.79 Å². The molecular formula is C38H48O20. The SMILES string of the molecule is CC=C1[C@H](O[C@H]2O[C@@H](CO)[C@H](O)[C@@H](O)[C@@H]2O)OC=C(C(=O)OCCc2ccc(O)c(O)c2)[C@@H]1CC(=O)OCCc1ccc(O[C@@H]2O[C@H](CO)[C@@H](O)[C@H](O)[C@H]2O)c(O)c1. The Kier molecular flexibility index (Phi) is 15.3. The number of aliphatic hydroxyl groups excluding tert-OH is 8. The molecule has 0 aliphatic carbocycles. The fourth-order valence-electron chi connectivity index (χ4n) is 6.49. The number of esters is 2. The molecule has 3 aliphatic heterocycles. The zero-order valence-electron chi connectivity index (χ0n) is 31.1. The van der Waals surface area contributed by atoms with E-state index in [-0.39, 0.29) is 54.5 Å². The molecule has 5 rings (SSSR count). The third-order valence-electron chi connectivity index (χ3n) is 9.85. The van der Waals surface area contributed by atoms with Gasteiger partial charge in [-0.2, -0.15) is 0 Å². The van der Waals surface area contributed by atoms with Crippen molar-refractivity contribution in [3.05, 3.63) is 71.0 Å². The molecule has 2 fully saturated rings. The number of phenols is 3. The number of aromatic hydroxyl groups is 3. The fraction of sp³-hybridized carbons (Fsp3) is 0.526. The minimum absolute atomic E-state index is 0.0876. The molecule has 0 bridgehead atoms. The van der Waals surface area contributed by atoms with Crippen molar-refractivity contribution < 1.29 is 98.9 Å². The lowest BCUT2D eigenvalue weighted by molar-refractivity contribution is -0.327. The van der Waals surface area contributed by atoms with Crippen LogP contribution in [0.2, 0.25) is 0 Å². The van der Waals surface area contributed by atoms with Gasteiger partial charge in [0.2, 0.25) is 12.6 Å². The number of phenolic OH excluding ortho intramolecular Hbond substituents is 3. The lowest BCUT2D eigenvalue weighted by atomic mass is 9.86. The molecule has 0 radical (unpaired) electrons. The summed E-state index contributed by atoms with van der Waals surface area (Å²) in [7, 11) is 0. The van der Waals surface area contributed by atoms with Crippen molar-refractivity contribution in [3.63, 3.8) is 0 Å². The van der Waals surface area contributed by atoms with Gasteiger partial charge < -0.3 is 89.3 Å². The lowest BCUT2D eigenvalue weighted by Gasteiger charge is -2.42. The van der Waals surface area contributed by atoms with Crippen LogP contribution in [0.5, 0.6) is 23.0 Å². The van der Waals surface area contributed by atoms with Crippen molar-refractivity contribution in [2.24, 2.45) is 5.92 Å². The number of carbonyl (C=O) groups excluding carboxylic acids is 2. The van der Waals surface area contributed by atoms with Crippen LogP contribution >= 0.6 is 0 Å². The van der Waals surface area contributed by atoms with Crippen LogP contribution in [0.15, 0.2) is 59.9 Å². The maximum Gasteiger partial charge on any atom is 0.337 e. The van der Waals surface area contributed by atoms with Crippen LogP contribution in [0.3, 0.4) is 0 Å². The number of rotatable bonds is 15. The van der Waals surface area contributed by atoms with Gasteiger partial charge in [-0.1, -0.05) is 18.2 Å². The van der Waals surface area contributed by atoms with Crippen molar-refractivity contribution in [2.75, 3.05) is 26.4 Å². The third-order valence-corrected chi connectivity index (χ3v) is 9.85. The maximum atomic E-state index is 13.4. The predicted molar refractivity (Wildman–Crippen MR) is 191 cm³/mol. The molecule has 2 saturated heterocycles. The summed E-state index contributed by atoms with van der Waals surface area (Å²) in [4.78, 5) is 26.7.